The summed E-state index contributed by atoms with van der Waals surface area (Å²) in [7, 11) is 0. The van der Waals surface area contributed by atoms with Gasteiger partial charge in [0.25, 0.3) is 0 Å². The highest BCUT2D eigenvalue weighted by Crippen LogP contribution is 2.32. The molecule has 1 saturated carbocycles. The van der Waals surface area contributed by atoms with E-state index >= 15 is 0 Å². The van der Waals surface area contributed by atoms with E-state index < -0.39 is 6.09 Å². The zero-order chi connectivity index (χ0) is 21.6. The number of nitrogens with two attached hydrogens (primary N) is 1. The van der Waals surface area contributed by atoms with Crippen molar-refractivity contribution in [3.63, 3.8) is 0 Å². The lowest BCUT2D eigenvalue weighted by atomic mass is 9.92. The van der Waals surface area contributed by atoms with Crippen molar-refractivity contribution in [2.24, 2.45) is 17.1 Å². The van der Waals surface area contributed by atoms with Crippen LogP contribution in [-0.4, -0.2) is 30.0 Å². The van der Waals surface area contributed by atoms with Crippen molar-refractivity contribution in [2.45, 2.75) is 39.8 Å². The summed E-state index contributed by atoms with van der Waals surface area (Å²) in [6.45, 7) is 6.07. The average molecular weight is 410 g/mol. The quantitative estimate of drug-likeness (QED) is 0.651. The van der Waals surface area contributed by atoms with E-state index in [2.05, 4.69) is 19.2 Å². The van der Waals surface area contributed by atoms with Gasteiger partial charge in [0.2, 0.25) is 5.91 Å². The second kappa shape index (κ2) is 9.76. The maximum absolute atomic E-state index is 12.7. The van der Waals surface area contributed by atoms with Gasteiger partial charge in [0.05, 0.1) is 0 Å². The molecular formula is C24H31N3O3. The zero-order valence-corrected chi connectivity index (χ0v) is 17.8. The number of nitrogens with zero attached hydrogens (tertiary/aromatic N) is 1. The molecule has 0 radical (unpaired) electrons. The summed E-state index contributed by atoms with van der Waals surface area (Å²) in [6, 6.07) is 17.0. The topological polar surface area (TPSA) is 84.7 Å². The number of nitrogens with one attached hydrogen (secondary N) is 1. The number of benzene rings is 2. The van der Waals surface area contributed by atoms with Crippen molar-refractivity contribution >= 4 is 17.7 Å². The summed E-state index contributed by atoms with van der Waals surface area (Å²) in [5, 5.41) is 2.73. The minimum Gasteiger partial charge on any atom is -0.444 e. The normalized spacial score (nSPS) is 13.6. The Kier molecular flexibility index (Phi) is 7.11. The smallest absolute Gasteiger partial charge is 0.411 e. The Hall–Kier alpha value is -2.86. The number of hydrogen-bond donors (Lipinski definition) is 2. The molecule has 0 unspecified atom stereocenters. The van der Waals surface area contributed by atoms with Crippen LogP contribution >= 0.6 is 0 Å². The predicted molar refractivity (Wildman–Crippen MR) is 118 cm³/mol. The molecule has 1 fully saturated rings. The molecule has 0 saturated heterocycles. The molecule has 3 N–H and O–H groups in total. The molecule has 0 heterocycles. The Morgan fingerprint density at radius 2 is 1.73 bits per heavy atom. The molecule has 1 aliphatic carbocycles. The molecule has 6 heteroatoms. The third-order valence-corrected chi connectivity index (χ3v) is 5.20. The van der Waals surface area contributed by atoms with Crippen molar-refractivity contribution in [1.29, 1.82) is 0 Å². The van der Waals surface area contributed by atoms with Crippen LogP contribution < -0.4 is 11.1 Å². The van der Waals surface area contributed by atoms with Crippen molar-refractivity contribution in [1.82, 2.24) is 4.90 Å². The van der Waals surface area contributed by atoms with Gasteiger partial charge < -0.3 is 15.4 Å². The zero-order valence-electron chi connectivity index (χ0n) is 17.8. The predicted octanol–water partition coefficient (Wildman–Crippen LogP) is 4.16. The third kappa shape index (κ3) is 6.59. The van der Waals surface area contributed by atoms with Gasteiger partial charge in [-0.15, -0.1) is 0 Å². The second-order valence-electron chi connectivity index (χ2n) is 8.72. The molecule has 160 valence electrons. The summed E-state index contributed by atoms with van der Waals surface area (Å²) in [5.74, 6) is 0.377. The lowest BCUT2D eigenvalue weighted by Gasteiger charge is -2.32. The number of amides is 2. The van der Waals surface area contributed by atoms with Crippen molar-refractivity contribution in [2.75, 3.05) is 18.4 Å². The molecule has 0 bridgehead atoms. The number of carbonyl (C=O) groups is 2. The molecule has 0 aliphatic heterocycles. The number of hydrogen-bond acceptors (Lipinski definition) is 4. The molecule has 3 rings (SSSR count). The van der Waals surface area contributed by atoms with Crippen LogP contribution in [0.4, 0.5) is 10.5 Å². The lowest BCUT2D eigenvalue weighted by molar-refractivity contribution is -0.134. The summed E-state index contributed by atoms with van der Waals surface area (Å²) < 4.78 is 5.24. The highest BCUT2D eigenvalue weighted by Gasteiger charge is 2.35. The Bertz CT molecular complexity index is 846. The number of rotatable bonds is 9. The molecule has 30 heavy (non-hydrogen) atoms. The van der Waals surface area contributed by atoms with E-state index in [9.17, 15) is 9.59 Å². The Morgan fingerprint density at radius 1 is 1.07 bits per heavy atom. The van der Waals surface area contributed by atoms with Crippen molar-refractivity contribution < 1.29 is 14.3 Å². The first-order valence-electron chi connectivity index (χ1n) is 10.4. The van der Waals surface area contributed by atoms with E-state index in [1.54, 1.807) is 0 Å². The van der Waals surface area contributed by atoms with Crippen LogP contribution in [0, 0.1) is 11.3 Å². The van der Waals surface area contributed by atoms with E-state index in [0.717, 1.165) is 24.0 Å². The van der Waals surface area contributed by atoms with Gasteiger partial charge in [-0.1, -0.05) is 56.3 Å². The van der Waals surface area contributed by atoms with Gasteiger partial charge in [-0.2, -0.15) is 0 Å². The maximum atomic E-state index is 12.7. The second-order valence-corrected chi connectivity index (χ2v) is 8.72. The summed E-state index contributed by atoms with van der Waals surface area (Å²) >= 11 is 0. The number of anilines is 1. The fourth-order valence-electron chi connectivity index (χ4n) is 3.17. The highest BCUT2D eigenvalue weighted by molar-refractivity contribution is 5.84. The van der Waals surface area contributed by atoms with E-state index in [0.29, 0.717) is 25.3 Å². The first-order valence-corrected chi connectivity index (χ1v) is 10.4. The van der Waals surface area contributed by atoms with Crippen molar-refractivity contribution in [3.05, 3.63) is 65.7 Å². The van der Waals surface area contributed by atoms with Gasteiger partial charge in [0.1, 0.15) is 6.61 Å². The van der Waals surface area contributed by atoms with Crippen LogP contribution in [0.5, 0.6) is 0 Å². The molecule has 2 amide bonds. The average Bonchev–Trinajstić information content (AvgIpc) is 3.59. The molecule has 0 spiro atoms. The highest BCUT2D eigenvalue weighted by atomic mass is 16.5. The third-order valence-electron chi connectivity index (χ3n) is 5.20. The fourth-order valence-corrected chi connectivity index (χ4v) is 3.17. The largest absolute Gasteiger partial charge is 0.444 e. The Balaban J connectivity index is 1.55. The van der Waals surface area contributed by atoms with Gasteiger partial charge in [0, 0.05) is 24.7 Å². The fraction of sp³-hybridized carbons (Fsp3) is 0.417. The van der Waals surface area contributed by atoms with Crippen LogP contribution in [-0.2, 0) is 22.7 Å². The van der Waals surface area contributed by atoms with Crippen LogP contribution in [0.15, 0.2) is 54.6 Å². The SMILES string of the molecule is CC(C)(CN)CN(Cc1ccc(NC(=O)OCc2ccccc2)cc1)C(=O)C1CC1. The van der Waals surface area contributed by atoms with Gasteiger partial charge in [-0.25, -0.2) is 4.79 Å². The van der Waals surface area contributed by atoms with Crippen molar-refractivity contribution in [3.8, 4) is 0 Å². The Labute approximate surface area is 178 Å². The van der Waals surface area contributed by atoms with Crippen LogP contribution in [0.2, 0.25) is 0 Å². The standard InChI is InChI=1S/C24H31N3O3/c1-24(2,16-25)17-27(22(28)20-10-11-20)14-18-8-12-21(13-9-18)26-23(29)30-15-19-6-4-3-5-7-19/h3-9,12-13,20H,10-11,14-17,25H2,1-2H3,(H,26,29). The molecular weight excluding hydrogens is 378 g/mol. The van der Waals surface area contributed by atoms with Crippen LogP contribution in [0.3, 0.4) is 0 Å². The molecule has 2 aromatic carbocycles. The van der Waals surface area contributed by atoms with Gasteiger partial charge >= 0.3 is 6.09 Å². The Morgan fingerprint density at radius 3 is 2.33 bits per heavy atom. The summed E-state index contributed by atoms with van der Waals surface area (Å²) in [4.78, 5) is 26.6. The van der Waals surface area contributed by atoms with Crippen LogP contribution in [0.1, 0.15) is 37.8 Å². The summed E-state index contributed by atoms with van der Waals surface area (Å²) in [5.41, 5.74) is 8.35. The van der Waals surface area contributed by atoms with E-state index in [1.165, 1.54) is 0 Å². The van der Waals surface area contributed by atoms with Gasteiger partial charge in [-0.05, 0) is 48.1 Å². The van der Waals surface area contributed by atoms with Gasteiger partial charge in [-0.3, -0.25) is 10.1 Å². The molecule has 2 aromatic rings. The first kappa shape index (κ1) is 21.8. The lowest BCUT2D eigenvalue weighted by Crippen LogP contribution is -2.42. The minimum absolute atomic E-state index is 0.130. The number of ether oxygens (including phenoxy) is 1. The first-order chi connectivity index (χ1) is 14.4. The molecule has 0 aromatic heterocycles. The van der Waals surface area contributed by atoms with E-state index in [4.69, 9.17) is 10.5 Å². The van der Waals surface area contributed by atoms with E-state index in [-0.39, 0.29) is 23.8 Å². The van der Waals surface area contributed by atoms with E-state index in [1.807, 2.05) is 59.5 Å². The van der Waals surface area contributed by atoms with Gasteiger partial charge in [0.15, 0.2) is 0 Å². The maximum Gasteiger partial charge on any atom is 0.411 e. The minimum atomic E-state index is -0.498. The molecule has 6 nitrogen and oxygen atoms in total. The van der Waals surface area contributed by atoms with Crippen LogP contribution in [0.25, 0.3) is 0 Å². The number of carbonyl (C=O) groups excluding carboxylic acids is 2. The molecule has 0 atom stereocenters. The molecule has 1 aliphatic rings. The summed E-state index contributed by atoms with van der Waals surface area (Å²) in [6.07, 6.45) is 1.46. The monoisotopic (exact) mass is 409 g/mol.